The lowest BCUT2D eigenvalue weighted by molar-refractivity contribution is 0.601. The molecule has 94 valence electrons. The van der Waals surface area contributed by atoms with Gasteiger partial charge in [-0.15, -0.1) is 0 Å². The molecule has 2 rings (SSSR count). The lowest BCUT2D eigenvalue weighted by Gasteiger charge is -2.18. The van der Waals surface area contributed by atoms with E-state index < -0.39 is 0 Å². The highest BCUT2D eigenvalue weighted by Gasteiger charge is 2.16. The second-order valence-electron chi connectivity index (χ2n) is 5.39. The van der Waals surface area contributed by atoms with E-state index in [2.05, 4.69) is 38.1 Å². The van der Waals surface area contributed by atoms with Crippen molar-refractivity contribution in [2.75, 3.05) is 0 Å². The lowest BCUT2D eigenvalue weighted by Crippen LogP contribution is -2.01. The minimum atomic E-state index is 0.466. The quantitative estimate of drug-likeness (QED) is 0.662. The molecule has 1 aliphatic rings. The summed E-state index contributed by atoms with van der Waals surface area (Å²) in [7, 11) is 0. The summed E-state index contributed by atoms with van der Waals surface area (Å²) in [4.78, 5) is 0. The molecule has 1 aromatic carbocycles. The van der Waals surface area contributed by atoms with Gasteiger partial charge in [0.15, 0.2) is 0 Å². The molecule has 0 atom stereocenters. The highest BCUT2D eigenvalue weighted by molar-refractivity contribution is 5.81. The normalized spacial score (nSPS) is 15.6. The summed E-state index contributed by atoms with van der Waals surface area (Å²) < 4.78 is 0. The van der Waals surface area contributed by atoms with Crippen LogP contribution in [0, 0.1) is 11.3 Å². The van der Waals surface area contributed by atoms with Gasteiger partial charge in [-0.2, -0.15) is 5.26 Å². The van der Waals surface area contributed by atoms with Gasteiger partial charge in [-0.1, -0.05) is 50.1 Å². The predicted molar refractivity (Wildman–Crippen MR) is 76.1 cm³/mol. The van der Waals surface area contributed by atoms with E-state index in [1.807, 2.05) is 6.07 Å². The zero-order valence-corrected chi connectivity index (χ0v) is 11.4. The largest absolute Gasteiger partial charge is 0.192 e. The van der Waals surface area contributed by atoms with Crippen molar-refractivity contribution < 1.29 is 0 Å². The smallest absolute Gasteiger partial charge is 0.0997 e. The lowest BCUT2D eigenvalue weighted by atomic mass is 9.85. The molecule has 1 saturated carbocycles. The molecule has 1 fully saturated rings. The van der Waals surface area contributed by atoms with Gasteiger partial charge < -0.3 is 0 Å². The van der Waals surface area contributed by atoms with Gasteiger partial charge in [-0.3, -0.25) is 0 Å². The maximum absolute atomic E-state index is 9.53. The topological polar surface area (TPSA) is 23.8 Å². The Morgan fingerprint density at radius 1 is 1.11 bits per heavy atom. The first-order valence-electron chi connectivity index (χ1n) is 6.95. The molecule has 0 bridgehead atoms. The van der Waals surface area contributed by atoms with Crippen molar-refractivity contribution in [3.8, 4) is 6.07 Å². The van der Waals surface area contributed by atoms with Crippen LogP contribution in [0.2, 0.25) is 0 Å². The molecule has 0 radical (unpaired) electrons. The van der Waals surface area contributed by atoms with Crippen LogP contribution in [0.5, 0.6) is 0 Å². The fourth-order valence-corrected chi connectivity index (χ4v) is 2.79. The molecule has 1 heteroatoms. The van der Waals surface area contributed by atoms with Gasteiger partial charge in [0, 0.05) is 0 Å². The first-order valence-corrected chi connectivity index (χ1v) is 6.95. The fourth-order valence-electron chi connectivity index (χ4n) is 2.79. The van der Waals surface area contributed by atoms with Gasteiger partial charge >= 0.3 is 0 Å². The van der Waals surface area contributed by atoms with Crippen molar-refractivity contribution >= 4 is 5.57 Å². The molecular formula is C17H21N. The van der Waals surface area contributed by atoms with Crippen molar-refractivity contribution in [3.05, 3.63) is 41.0 Å². The zero-order valence-electron chi connectivity index (χ0n) is 11.4. The highest BCUT2D eigenvalue weighted by Crippen LogP contribution is 2.33. The second-order valence-corrected chi connectivity index (χ2v) is 5.39. The molecule has 0 unspecified atom stereocenters. The third-order valence-corrected chi connectivity index (χ3v) is 3.77. The number of allylic oxidation sites excluding steroid dienone is 2. The van der Waals surface area contributed by atoms with Gasteiger partial charge in [-0.05, 0) is 42.7 Å². The minimum Gasteiger partial charge on any atom is -0.192 e. The molecule has 18 heavy (non-hydrogen) atoms. The van der Waals surface area contributed by atoms with Crippen LogP contribution in [0.3, 0.4) is 0 Å². The van der Waals surface area contributed by atoms with E-state index in [-0.39, 0.29) is 0 Å². The monoisotopic (exact) mass is 239 g/mol. The average Bonchev–Trinajstić information content (AvgIpc) is 2.41. The van der Waals surface area contributed by atoms with E-state index in [0.717, 1.165) is 24.0 Å². The van der Waals surface area contributed by atoms with Crippen molar-refractivity contribution in [1.29, 1.82) is 5.26 Å². The molecule has 0 aliphatic heterocycles. The first kappa shape index (κ1) is 12.9. The van der Waals surface area contributed by atoms with E-state index >= 15 is 0 Å². The summed E-state index contributed by atoms with van der Waals surface area (Å²) in [6, 6.07) is 10.8. The maximum atomic E-state index is 9.53. The number of nitrogens with zero attached hydrogens (tertiary/aromatic N) is 1. The number of benzene rings is 1. The van der Waals surface area contributed by atoms with Crippen LogP contribution >= 0.6 is 0 Å². The van der Waals surface area contributed by atoms with Crippen LogP contribution in [-0.4, -0.2) is 0 Å². The standard InChI is InChI=1S/C17H21N/c1-13(2)15-10-6-7-11-16(15)17(12-18)14-8-4-3-5-9-14/h6-7,10-11,13H,3-5,8-9H2,1-2H3. The Morgan fingerprint density at radius 3 is 2.39 bits per heavy atom. The molecule has 1 aromatic rings. The van der Waals surface area contributed by atoms with E-state index in [1.165, 1.54) is 30.4 Å². The van der Waals surface area contributed by atoms with Gasteiger partial charge in [0.1, 0.15) is 0 Å². The summed E-state index contributed by atoms with van der Waals surface area (Å²) in [5.74, 6) is 0.466. The molecule has 1 nitrogen and oxygen atoms in total. The van der Waals surface area contributed by atoms with Crippen LogP contribution in [-0.2, 0) is 0 Å². The molecule has 0 N–H and O–H groups in total. The van der Waals surface area contributed by atoms with Crippen LogP contribution in [0.25, 0.3) is 5.57 Å². The summed E-state index contributed by atoms with van der Waals surface area (Å²) in [5, 5.41) is 9.53. The molecule has 0 saturated heterocycles. The van der Waals surface area contributed by atoms with Gasteiger partial charge in [-0.25, -0.2) is 0 Å². The predicted octanol–water partition coefficient (Wildman–Crippen LogP) is 5.05. The SMILES string of the molecule is CC(C)c1ccccc1C(C#N)=C1CCCCC1. The summed E-state index contributed by atoms with van der Waals surface area (Å²) >= 11 is 0. The van der Waals surface area contributed by atoms with E-state index in [4.69, 9.17) is 0 Å². The summed E-state index contributed by atoms with van der Waals surface area (Å²) in [6.45, 7) is 4.39. The third kappa shape index (κ3) is 2.64. The van der Waals surface area contributed by atoms with Crippen molar-refractivity contribution in [2.45, 2.75) is 51.9 Å². The Labute approximate surface area is 110 Å². The number of nitriles is 1. The number of rotatable bonds is 2. The van der Waals surface area contributed by atoms with Crippen molar-refractivity contribution in [3.63, 3.8) is 0 Å². The van der Waals surface area contributed by atoms with Crippen LogP contribution < -0.4 is 0 Å². The summed E-state index contributed by atoms with van der Waals surface area (Å²) in [5.41, 5.74) is 4.77. The van der Waals surface area contributed by atoms with E-state index in [0.29, 0.717) is 5.92 Å². The molecule has 0 amide bonds. The van der Waals surface area contributed by atoms with Gasteiger partial charge in [0.05, 0.1) is 11.6 Å². The second kappa shape index (κ2) is 5.87. The summed E-state index contributed by atoms with van der Waals surface area (Å²) in [6.07, 6.45) is 6.01. The van der Waals surface area contributed by atoms with Crippen LogP contribution in [0.1, 0.15) is 63.0 Å². The maximum Gasteiger partial charge on any atom is 0.0997 e. The van der Waals surface area contributed by atoms with Crippen LogP contribution in [0.4, 0.5) is 0 Å². The first-order chi connectivity index (χ1) is 8.74. The average molecular weight is 239 g/mol. The van der Waals surface area contributed by atoms with Crippen LogP contribution in [0.15, 0.2) is 29.8 Å². The Kier molecular flexibility index (Phi) is 4.20. The Bertz CT molecular complexity index is 481. The third-order valence-electron chi connectivity index (χ3n) is 3.77. The highest BCUT2D eigenvalue weighted by atomic mass is 14.3. The molecule has 0 heterocycles. The van der Waals surface area contributed by atoms with Crippen molar-refractivity contribution in [2.24, 2.45) is 0 Å². The van der Waals surface area contributed by atoms with Gasteiger partial charge in [0.25, 0.3) is 0 Å². The Hall–Kier alpha value is -1.55. The van der Waals surface area contributed by atoms with Crippen molar-refractivity contribution in [1.82, 2.24) is 0 Å². The molecular weight excluding hydrogens is 218 g/mol. The Balaban J connectivity index is 2.48. The fraction of sp³-hybridized carbons (Fsp3) is 0.471. The number of hydrogen-bond donors (Lipinski definition) is 0. The molecule has 1 aliphatic carbocycles. The zero-order chi connectivity index (χ0) is 13.0. The van der Waals surface area contributed by atoms with Gasteiger partial charge in [0.2, 0.25) is 0 Å². The number of hydrogen-bond acceptors (Lipinski definition) is 1. The van der Waals surface area contributed by atoms with E-state index in [1.54, 1.807) is 0 Å². The Morgan fingerprint density at radius 2 is 1.78 bits per heavy atom. The molecule has 0 aromatic heterocycles. The minimum absolute atomic E-state index is 0.466. The van der Waals surface area contributed by atoms with E-state index in [9.17, 15) is 5.26 Å². The molecule has 0 spiro atoms.